The van der Waals surface area contributed by atoms with Crippen molar-refractivity contribution in [1.29, 1.82) is 0 Å². The summed E-state index contributed by atoms with van der Waals surface area (Å²) in [6.45, 7) is 1.74. The zero-order valence-corrected chi connectivity index (χ0v) is 16.2. The maximum absolute atomic E-state index is 11.7. The number of benzene rings is 2. The van der Waals surface area contributed by atoms with E-state index in [-0.39, 0.29) is 5.91 Å². The summed E-state index contributed by atoms with van der Waals surface area (Å²) < 4.78 is 18.1. The van der Waals surface area contributed by atoms with Crippen LogP contribution in [0.1, 0.15) is 18.8 Å². The van der Waals surface area contributed by atoms with Crippen LogP contribution < -0.4 is 5.32 Å². The lowest BCUT2D eigenvalue weighted by Gasteiger charge is -2.47. The molecule has 6 nitrogen and oxygen atoms in total. The van der Waals surface area contributed by atoms with E-state index in [4.69, 9.17) is 14.2 Å². The number of fused-ring (bicyclic) bond motifs is 1. The first-order valence-corrected chi connectivity index (χ1v) is 10.1. The molecular weight excluding hydrogens is 378 g/mol. The number of hydrogen-bond acceptors (Lipinski definition) is 6. The molecule has 148 valence electrons. The molecule has 2 aliphatic rings. The van der Waals surface area contributed by atoms with Crippen LogP contribution in [0.15, 0.2) is 65.6 Å². The molecule has 2 aliphatic heterocycles. The Labute approximate surface area is 168 Å². The summed E-state index contributed by atoms with van der Waals surface area (Å²) in [5.41, 5.74) is 0.424. The van der Waals surface area contributed by atoms with Gasteiger partial charge in [0.25, 0.3) is 0 Å². The third-order valence-corrected chi connectivity index (χ3v) is 5.98. The first-order valence-electron chi connectivity index (χ1n) is 9.26. The minimum atomic E-state index is -0.918. The predicted octanol–water partition coefficient (Wildman–Crippen LogP) is 2.48. The molecule has 0 spiro atoms. The molecule has 1 amide bonds. The largest absolute Gasteiger partial charge is 0.388 e. The molecular formula is C21H23NO5S. The standard InChI is InChI=1S/C21H23NO5S/c1-13(23)22-17-18(24)19-16(26-21(17)28-15-10-6-3-7-11-15)12-25-20(27-19)14-8-4-2-5-9-14/h2-11,16-21,24H,12H2,1H3,(H,22,23)/t16-,17+,18+,19+,20+,21-/m0/s1. The van der Waals surface area contributed by atoms with Crippen LogP contribution in [0.5, 0.6) is 0 Å². The highest BCUT2D eigenvalue weighted by molar-refractivity contribution is 7.99. The number of amides is 1. The molecule has 2 fully saturated rings. The molecule has 6 atom stereocenters. The minimum Gasteiger partial charge on any atom is -0.388 e. The number of carbonyl (C=O) groups excluding carboxylic acids is 1. The number of rotatable bonds is 4. The van der Waals surface area contributed by atoms with E-state index in [1.54, 1.807) is 0 Å². The van der Waals surface area contributed by atoms with Gasteiger partial charge in [-0.05, 0) is 12.1 Å². The molecule has 28 heavy (non-hydrogen) atoms. The van der Waals surface area contributed by atoms with E-state index in [0.29, 0.717) is 6.61 Å². The molecule has 0 aromatic heterocycles. The van der Waals surface area contributed by atoms with Crippen LogP contribution in [0.2, 0.25) is 0 Å². The monoisotopic (exact) mass is 401 g/mol. The van der Waals surface area contributed by atoms with Crippen molar-refractivity contribution in [3.05, 3.63) is 66.2 Å². The highest BCUT2D eigenvalue weighted by Gasteiger charge is 2.49. The Morgan fingerprint density at radius 2 is 1.75 bits per heavy atom. The molecule has 2 saturated heterocycles. The van der Waals surface area contributed by atoms with E-state index in [1.165, 1.54) is 18.7 Å². The van der Waals surface area contributed by atoms with Crippen molar-refractivity contribution in [2.45, 2.75) is 47.9 Å². The Hall–Kier alpha value is -1.90. The summed E-state index contributed by atoms with van der Waals surface area (Å²) in [6.07, 6.45) is -2.50. The van der Waals surface area contributed by atoms with E-state index < -0.39 is 36.1 Å². The van der Waals surface area contributed by atoms with Gasteiger partial charge in [-0.3, -0.25) is 4.79 Å². The number of thioether (sulfide) groups is 1. The number of aliphatic hydroxyl groups is 1. The van der Waals surface area contributed by atoms with Gasteiger partial charge in [-0.15, -0.1) is 0 Å². The van der Waals surface area contributed by atoms with Crippen LogP contribution in [-0.2, 0) is 19.0 Å². The zero-order chi connectivity index (χ0) is 19.5. The van der Waals surface area contributed by atoms with E-state index in [1.807, 2.05) is 60.7 Å². The first kappa shape index (κ1) is 19.4. The van der Waals surface area contributed by atoms with Crippen LogP contribution in [0, 0.1) is 0 Å². The van der Waals surface area contributed by atoms with Gasteiger partial charge in [0.05, 0.1) is 12.6 Å². The number of hydrogen-bond donors (Lipinski definition) is 2. The number of carbonyl (C=O) groups is 1. The Bertz CT molecular complexity index is 790. The fourth-order valence-corrected chi connectivity index (χ4v) is 4.65. The van der Waals surface area contributed by atoms with Crippen molar-refractivity contribution in [3.8, 4) is 0 Å². The maximum atomic E-state index is 11.7. The van der Waals surface area contributed by atoms with Crippen LogP contribution >= 0.6 is 11.8 Å². The van der Waals surface area contributed by atoms with Crippen molar-refractivity contribution in [3.63, 3.8) is 0 Å². The Morgan fingerprint density at radius 1 is 1.07 bits per heavy atom. The molecule has 2 heterocycles. The fourth-order valence-electron chi connectivity index (χ4n) is 3.49. The van der Waals surface area contributed by atoms with E-state index in [9.17, 15) is 9.90 Å². The fraction of sp³-hybridized carbons (Fsp3) is 0.381. The Balaban J connectivity index is 1.53. The predicted molar refractivity (Wildman–Crippen MR) is 105 cm³/mol. The topological polar surface area (TPSA) is 77.0 Å². The normalized spacial score (nSPS) is 32.4. The van der Waals surface area contributed by atoms with Crippen molar-refractivity contribution < 1.29 is 24.1 Å². The molecule has 0 radical (unpaired) electrons. The smallest absolute Gasteiger partial charge is 0.217 e. The molecule has 2 aromatic rings. The van der Waals surface area contributed by atoms with Gasteiger partial charge in [0.15, 0.2) is 6.29 Å². The minimum absolute atomic E-state index is 0.226. The van der Waals surface area contributed by atoms with E-state index >= 15 is 0 Å². The second kappa shape index (κ2) is 8.63. The van der Waals surface area contributed by atoms with Gasteiger partial charge < -0.3 is 24.6 Å². The van der Waals surface area contributed by atoms with Gasteiger partial charge in [0.1, 0.15) is 23.7 Å². The van der Waals surface area contributed by atoms with E-state index in [2.05, 4.69) is 5.32 Å². The molecule has 0 unspecified atom stereocenters. The molecule has 2 aromatic carbocycles. The summed E-state index contributed by atoms with van der Waals surface area (Å²) in [6, 6.07) is 18.7. The molecule has 0 saturated carbocycles. The van der Waals surface area contributed by atoms with Gasteiger partial charge in [0, 0.05) is 17.4 Å². The highest BCUT2D eigenvalue weighted by atomic mass is 32.2. The lowest BCUT2D eigenvalue weighted by atomic mass is 9.96. The summed E-state index contributed by atoms with van der Waals surface area (Å²) in [5.74, 6) is -0.226. The number of ether oxygens (including phenoxy) is 3. The van der Waals surface area contributed by atoms with Gasteiger partial charge in [-0.2, -0.15) is 0 Å². The lowest BCUT2D eigenvalue weighted by Crippen LogP contribution is -2.65. The van der Waals surface area contributed by atoms with Crippen molar-refractivity contribution in [2.75, 3.05) is 6.61 Å². The average Bonchev–Trinajstić information content (AvgIpc) is 2.72. The molecule has 2 N–H and O–H groups in total. The molecule has 7 heteroatoms. The second-order valence-corrected chi connectivity index (χ2v) is 8.04. The average molecular weight is 401 g/mol. The summed E-state index contributed by atoms with van der Waals surface area (Å²) in [5, 5.41) is 13.9. The molecule has 4 rings (SSSR count). The maximum Gasteiger partial charge on any atom is 0.217 e. The lowest BCUT2D eigenvalue weighted by molar-refractivity contribution is -0.306. The van der Waals surface area contributed by atoms with Crippen molar-refractivity contribution in [2.24, 2.45) is 0 Å². The highest BCUT2D eigenvalue weighted by Crippen LogP contribution is 2.38. The van der Waals surface area contributed by atoms with Gasteiger partial charge >= 0.3 is 0 Å². The zero-order valence-electron chi connectivity index (χ0n) is 15.4. The van der Waals surface area contributed by atoms with Crippen LogP contribution in [0.4, 0.5) is 0 Å². The Kier molecular flexibility index (Phi) is 5.99. The summed E-state index contributed by atoms with van der Waals surface area (Å²) in [4.78, 5) is 12.7. The van der Waals surface area contributed by atoms with E-state index in [0.717, 1.165) is 10.5 Å². The molecule has 0 aliphatic carbocycles. The van der Waals surface area contributed by atoms with Gasteiger partial charge in [-0.25, -0.2) is 0 Å². The third kappa shape index (κ3) is 4.24. The van der Waals surface area contributed by atoms with Gasteiger partial charge in [0.2, 0.25) is 5.91 Å². The quantitative estimate of drug-likeness (QED) is 0.820. The number of nitrogens with one attached hydrogen (secondary N) is 1. The molecule has 0 bridgehead atoms. The Morgan fingerprint density at radius 3 is 2.43 bits per heavy atom. The SMILES string of the molecule is CC(=O)N[C@@H]1[C@@H](O)[C@@H]2O[C@H](c3ccccc3)OC[C@@H]2O[C@H]1Sc1ccccc1. The van der Waals surface area contributed by atoms with Crippen LogP contribution in [-0.4, -0.2) is 47.4 Å². The second-order valence-electron chi connectivity index (χ2n) is 6.87. The van der Waals surface area contributed by atoms with Crippen LogP contribution in [0.25, 0.3) is 0 Å². The van der Waals surface area contributed by atoms with Gasteiger partial charge in [-0.1, -0.05) is 60.3 Å². The van der Waals surface area contributed by atoms with Crippen molar-refractivity contribution >= 4 is 17.7 Å². The summed E-state index contributed by atoms with van der Waals surface area (Å²) in [7, 11) is 0. The number of aliphatic hydroxyl groups excluding tert-OH is 1. The first-order chi connectivity index (χ1) is 13.6. The summed E-state index contributed by atoms with van der Waals surface area (Å²) >= 11 is 1.46. The van der Waals surface area contributed by atoms with Crippen LogP contribution in [0.3, 0.4) is 0 Å². The van der Waals surface area contributed by atoms with Crippen molar-refractivity contribution in [1.82, 2.24) is 5.32 Å². The third-order valence-electron chi connectivity index (χ3n) is 4.80.